The molecule has 0 spiro atoms. The summed E-state index contributed by atoms with van der Waals surface area (Å²) < 4.78 is 0. The average Bonchev–Trinajstić information content (AvgIpc) is 2.29. The van der Waals surface area contributed by atoms with Crippen LogP contribution < -0.4 is 10.2 Å². The Morgan fingerprint density at radius 2 is 2.31 bits per heavy atom. The summed E-state index contributed by atoms with van der Waals surface area (Å²) in [4.78, 5) is 6.24. The van der Waals surface area contributed by atoms with E-state index in [0.29, 0.717) is 5.56 Å². The van der Waals surface area contributed by atoms with Crippen LogP contribution in [0.4, 0.5) is 5.82 Å². The largest absolute Gasteiger partial charge is 0.358 e. The van der Waals surface area contributed by atoms with Crippen LogP contribution in [0.2, 0.25) is 0 Å². The first-order valence-electron chi connectivity index (χ1n) is 5.06. The van der Waals surface area contributed by atoms with Gasteiger partial charge in [0.15, 0.2) is 0 Å². The number of halogens is 1. The van der Waals surface area contributed by atoms with Gasteiger partial charge in [0.2, 0.25) is 0 Å². The minimum absolute atomic E-state index is 0. The maximum Gasteiger partial charge on any atom is 0.129 e. The zero-order chi connectivity index (χ0) is 11.1. The molecular formula is C11H17ClN4. The predicted molar refractivity (Wildman–Crippen MR) is 68.0 cm³/mol. The highest BCUT2D eigenvalue weighted by Gasteiger charge is 2.02. The first kappa shape index (κ1) is 14.7. The molecule has 0 atom stereocenters. The Morgan fingerprint density at radius 1 is 1.56 bits per heavy atom. The summed E-state index contributed by atoms with van der Waals surface area (Å²) in [6.45, 7) is 4.86. The van der Waals surface area contributed by atoms with Crippen molar-refractivity contribution in [1.29, 1.82) is 5.26 Å². The molecule has 0 aliphatic carbocycles. The second kappa shape index (κ2) is 7.91. The summed E-state index contributed by atoms with van der Waals surface area (Å²) in [5.41, 5.74) is 0.648. The van der Waals surface area contributed by atoms with Crippen molar-refractivity contribution in [3.63, 3.8) is 0 Å². The first-order chi connectivity index (χ1) is 7.27. The Morgan fingerprint density at radius 3 is 2.94 bits per heavy atom. The molecule has 1 rings (SSSR count). The van der Waals surface area contributed by atoms with Gasteiger partial charge in [-0.2, -0.15) is 5.26 Å². The van der Waals surface area contributed by atoms with Crippen molar-refractivity contribution >= 4 is 18.2 Å². The van der Waals surface area contributed by atoms with Crippen molar-refractivity contribution in [3.8, 4) is 6.07 Å². The number of hydrogen-bond donors (Lipinski definition) is 1. The predicted octanol–water partition coefficient (Wildman–Crippen LogP) is 1.42. The van der Waals surface area contributed by atoms with Crippen LogP contribution in [0.15, 0.2) is 18.3 Å². The molecule has 0 saturated heterocycles. The quantitative estimate of drug-likeness (QED) is 0.791. The van der Waals surface area contributed by atoms with Crippen molar-refractivity contribution in [3.05, 3.63) is 23.9 Å². The fourth-order valence-corrected chi connectivity index (χ4v) is 1.23. The zero-order valence-corrected chi connectivity index (χ0v) is 10.4. The van der Waals surface area contributed by atoms with Crippen molar-refractivity contribution in [2.45, 2.75) is 6.92 Å². The number of rotatable bonds is 5. The van der Waals surface area contributed by atoms with E-state index in [2.05, 4.69) is 23.3 Å². The molecule has 0 radical (unpaired) electrons. The van der Waals surface area contributed by atoms with Crippen molar-refractivity contribution < 1.29 is 0 Å². The molecule has 0 aliphatic heterocycles. The van der Waals surface area contributed by atoms with E-state index < -0.39 is 0 Å². The van der Waals surface area contributed by atoms with Crippen LogP contribution >= 0.6 is 12.4 Å². The van der Waals surface area contributed by atoms with Gasteiger partial charge in [-0.3, -0.25) is 0 Å². The maximum atomic E-state index is 8.75. The van der Waals surface area contributed by atoms with Crippen molar-refractivity contribution in [2.75, 3.05) is 31.6 Å². The summed E-state index contributed by atoms with van der Waals surface area (Å²) in [7, 11) is 1.97. The minimum atomic E-state index is 0. The number of nitrogens with one attached hydrogen (secondary N) is 1. The molecule has 5 heteroatoms. The topological polar surface area (TPSA) is 52.0 Å². The zero-order valence-electron chi connectivity index (χ0n) is 9.60. The molecule has 0 unspecified atom stereocenters. The van der Waals surface area contributed by atoms with Gasteiger partial charge >= 0.3 is 0 Å². The molecule has 0 bridgehead atoms. The minimum Gasteiger partial charge on any atom is -0.358 e. The van der Waals surface area contributed by atoms with E-state index in [0.717, 1.165) is 25.5 Å². The molecule has 0 aromatic carbocycles. The van der Waals surface area contributed by atoms with Gasteiger partial charge in [0.25, 0.3) is 0 Å². The number of nitriles is 1. The Kier molecular flexibility index (Phi) is 7.27. The molecule has 0 amide bonds. The summed E-state index contributed by atoms with van der Waals surface area (Å²) in [5, 5.41) is 12.0. The van der Waals surface area contributed by atoms with E-state index in [4.69, 9.17) is 5.26 Å². The molecule has 4 nitrogen and oxygen atoms in total. The monoisotopic (exact) mass is 240 g/mol. The van der Waals surface area contributed by atoms with Gasteiger partial charge in [0, 0.05) is 26.3 Å². The standard InChI is InChI=1S/C11H16N4.ClH/c1-3-13-6-7-15(2)11-8-10(9-12)4-5-14-11;/h4-5,8,13H,3,6-7H2,1-2H3;1H. The summed E-state index contributed by atoms with van der Waals surface area (Å²) in [5.74, 6) is 0.840. The summed E-state index contributed by atoms with van der Waals surface area (Å²) in [6, 6.07) is 5.61. The molecule has 16 heavy (non-hydrogen) atoms. The fourth-order valence-electron chi connectivity index (χ4n) is 1.23. The van der Waals surface area contributed by atoms with Gasteiger partial charge < -0.3 is 10.2 Å². The van der Waals surface area contributed by atoms with Crippen LogP contribution in [0.1, 0.15) is 12.5 Å². The molecule has 88 valence electrons. The SMILES string of the molecule is CCNCCN(C)c1cc(C#N)ccn1.Cl. The fraction of sp³-hybridized carbons (Fsp3) is 0.455. The van der Waals surface area contributed by atoms with E-state index in [9.17, 15) is 0 Å². The van der Waals surface area contributed by atoms with Crippen molar-refractivity contribution in [2.24, 2.45) is 0 Å². The highest BCUT2D eigenvalue weighted by molar-refractivity contribution is 5.85. The molecule has 1 N–H and O–H groups in total. The number of likely N-dealkylation sites (N-methyl/N-ethyl adjacent to an activating group) is 2. The lowest BCUT2D eigenvalue weighted by Crippen LogP contribution is -2.29. The van der Waals surface area contributed by atoms with E-state index in [1.807, 2.05) is 11.9 Å². The third kappa shape index (κ3) is 4.47. The lowest BCUT2D eigenvalue weighted by atomic mass is 10.3. The molecule has 0 fully saturated rings. The van der Waals surface area contributed by atoms with Gasteiger partial charge in [-0.05, 0) is 18.7 Å². The van der Waals surface area contributed by atoms with E-state index >= 15 is 0 Å². The van der Waals surface area contributed by atoms with Crippen LogP contribution in [0.25, 0.3) is 0 Å². The van der Waals surface area contributed by atoms with Crippen LogP contribution in [0.5, 0.6) is 0 Å². The molecule has 1 aromatic heterocycles. The average molecular weight is 241 g/mol. The number of nitrogens with zero attached hydrogens (tertiary/aromatic N) is 3. The number of pyridine rings is 1. The number of hydrogen-bond acceptors (Lipinski definition) is 4. The molecule has 1 heterocycles. The van der Waals surface area contributed by atoms with E-state index in [1.54, 1.807) is 18.3 Å². The molecular weight excluding hydrogens is 224 g/mol. The first-order valence-corrected chi connectivity index (χ1v) is 5.06. The lowest BCUT2D eigenvalue weighted by molar-refractivity contribution is 0.702. The summed E-state index contributed by atoms with van der Waals surface area (Å²) in [6.07, 6.45) is 1.66. The van der Waals surface area contributed by atoms with Crippen LogP contribution in [0.3, 0.4) is 0 Å². The number of aromatic nitrogens is 1. The van der Waals surface area contributed by atoms with E-state index in [-0.39, 0.29) is 12.4 Å². The van der Waals surface area contributed by atoms with Gasteiger partial charge in [-0.15, -0.1) is 12.4 Å². The van der Waals surface area contributed by atoms with Crippen LogP contribution in [-0.2, 0) is 0 Å². The lowest BCUT2D eigenvalue weighted by Gasteiger charge is -2.17. The van der Waals surface area contributed by atoms with Crippen molar-refractivity contribution in [1.82, 2.24) is 10.3 Å². The molecule has 1 aromatic rings. The number of anilines is 1. The second-order valence-electron chi connectivity index (χ2n) is 3.29. The highest BCUT2D eigenvalue weighted by atomic mass is 35.5. The Balaban J connectivity index is 0.00000225. The smallest absolute Gasteiger partial charge is 0.129 e. The van der Waals surface area contributed by atoms with Crippen LogP contribution in [0, 0.1) is 11.3 Å². The summed E-state index contributed by atoms with van der Waals surface area (Å²) >= 11 is 0. The third-order valence-corrected chi connectivity index (χ3v) is 2.14. The van der Waals surface area contributed by atoms with Gasteiger partial charge in [0.05, 0.1) is 11.6 Å². The Hall–Kier alpha value is -1.31. The van der Waals surface area contributed by atoms with Gasteiger partial charge in [-0.1, -0.05) is 6.92 Å². The molecule has 0 saturated carbocycles. The van der Waals surface area contributed by atoms with Gasteiger partial charge in [0.1, 0.15) is 5.82 Å². The second-order valence-corrected chi connectivity index (χ2v) is 3.29. The normalized spacial score (nSPS) is 9.06. The van der Waals surface area contributed by atoms with Gasteiger partial charge in [-0.25, -0.2) is 4.98 Å². The van der Waals surface area contributed by atoms with Crippen LogP contribution in [-0.4, -0.2) is 31.7 Å². The Bertz CT molecular complexity index is 348. The third-order valence-electron chi connectivity index (χ3n) is 2.14. The maximum absolute atomic E-state index is 8.75. The highest BCUT2D eigenvalue weighted by Crippen LogP contribution is 2.09. The van der Waals surface area contributed by atoms with E-state index in [1.165, 1.54) is 0 Å². The molecule has 0 aliphatic rings. The Labute approximate surface area is 103 Å².